The molecule has 146 valence electrons. The third-order valence-corrected chi connectivity index (χ3v) is 5.00. The normalized spacial score (nSPS) is 15.6. The Morgan fingerprint density at radius 3 is 2.71 bits per heavy atom. The van der Waals surface area contributed by atoms with Crippen LogP contribution in [-0.2, 0) is 11.2 Å². The Hall–Kier alpha value is -2.48. The Bertz CT molecular complexity index is 933. The van der Waals surface area contributed by atoms with E-state index in [1.807, 2.05) is 24.3 Å². The molecule has 8 heteroatoms. The van der Waals surface area contributed by atoms with Gasteiger partial charge in [0.2, 0.25) is 5.95 Å². The summed E-state index contributed by atoms with van der Waals surface area (Å²) >= 11 is 6.31. The number of rotatable bonds is 6. The molecule has 0 unspecified atom stereocenters. The van der Waals surface area contributed by atoms with Gasteiger partial charge in [-0.15, -0.1) is 0 Å². The highest BCUT2D eigenvalue weighted by Gasteiger charge is 2.18. The number of nitrogens with zero attached hydrogens (tertiary/aromatic N) is 4. The molecule has 0 aliphatic carbocycles. The molecule has 2 aromatic heterocycles. The van der Waals surface area contributed by atoms with E-state index in [9.17, 15) is 0 Å². The number of anilines is 2. The van der Waals surface area contributed by atoms with Gasteiger partial charge in [-0.05, 0) is 18.1 Å². The van der Waals surface area contributed by atoms with Crippen LogP contribution in [0.2, 0.25) is 5.15 Å². The van der Waals surface area contributed by atoms with Crippen molar-refractivity contribution in [2.24, 2.45) is 5.73 Å². The van der Waals surface area contributed by atoms with Crippen LogP contribution in [0.5, 0.6) is 0 Å². The van der Waals surface area contributed by atoms with Crippen molar-refractivity contribution in [3.8, 4) is 0 Å². The summed E-state index contributed by atoms with van der Waals surface area (Å²) in [5.74, 6) is 1.35. The molecule has 0 amide bonds. The fraction of sp³-hybridized carbons (Fsp3) is 0.350. The number of morpholine rings is 1. The van der Waals surface area contributed by atoms with Crippen molar-refractivity contribution in [3.05, 3.63) is 53.3 Å². The third-order valence-electron chi connectivity index (χ3n) is 4.72. The lowest BCUT2D eigenvalue weighted by atomic mass is 10.1. The van der Waals surface area contributed by atoms with Gasteiger partial charge >= 0.3 is 0 Å². The molecule has 0 bridgehead atoms. The Labute approximate surface area is 168 Å². The Kier molecular flexibility index (Phi) is 5.85. The average molecular weight is 399 g/mol. The van der Waals surface area contributed by atoms with E-state index in [0.29, 0.717) is 36.4 Å². The topological polar surface area (TPSA) is 89.2 Å². The second-order valence-electron chi connectivity index (χ2n) is 6.80. The molecule has 1 saturated heterocycles. The van der Waals surface area contributed by atoms with E-state index in [2.05, 4.69) is 32.3 Å². The van der Waals surface area contributed by atoms with Crippen LogP contribution < -0.4 is 16.0 Å². The molecule has 1 aliphatic rings. The van der Waals surface area contributed by atoms with Crippen LogP contribution in [0.3, 0.4) is 0 Å². The van der Waals surface area contributed by atoms with Crippen molar-refractivity contribution < 1.29 is 4.74 Å². The predicted octanol–water partition coefficient (Wildman–Crippen LogP) is 2.50. The van der Waals surface area contributed by atoms with E-state index in [1.54, 1.807) is 6.20 Å². The molecule has 0 radical (unpaired) electrons. The Morgan fingerprint density at radius 2 is 1.93 bits per heavy atom. The number of hydrogen-bond acceptors (Lipinski definition) is 7. The molecule has 1 fully saturated rings. The van der Waals surface area contributed by atoms with Crippen LogP contribution >= 0.6 is 11.6 Å². The fourth-order valence-corrected chi connectivity index (χ4v) is 3.47. The first-order chi connectivity index (χ1) is 13.7. The van der Waals surface area contributed by atoms with Gasteiger partial charge in [0.15, 0.2) is 5.15 Å². The summed E-state index contributed by atoms with van der Waals surface area (Å²) < 4.78 is 5.43. The minimum atomic E-state index is -0.0449. The molecule has 7 nitrogen and oxygen atoms in total. The largest absolute Gasteiger partial charge is 0.378 e. The lowest BCUT2D eigenvalue weighted by Crippen LogP contribution is -2.37. The summed E-state index contributed by atoms with van der Waals surface area (Å²) in [4.78, 5) is 15.7. The Balaban J connectivity index is 1.57. The van der Waals surface area contributed by atoms with Crippen molar-refractivity contribution in [2.75, 3.05) is 43.1 Å². The molecule has 3 heterocycles. The standard InChI is InChI=1S/C20H23ClN6O/c21-18-17-16(6-7-23-18)19(26-20(25-17)27-8-10-28-11-9-27)24-13-15(22)12-14-4-2-1-3-5-14/h1-7,15H,8-13,22H2,(H,24,25,26)/t15-/m0/s1. The summed E-state index contributed by atoms with van der Waals surface area (Å²) in [7, 11) is 0. The van der Waals surface area contributed by atoms with E-state index in [4.69, 9.17) is 27.1 Å². The quantitative estimate of drug-likeness (QED) is 0.616. The van der Waals surface area contributed by atoms with Crippen LogP contribution in [0, 0.1) is 0 Å². The van der Waals surface area contributed by atoms with Gasteiger partial charge in [-0.3, -0.25) is 0 Å². The average Bonchev–Trinajstić information content (AvgIpc) is 2.74. The number of ether oxygens (including phenoxy) is 1. The highest BCUT2D eigenvalue weighted by Crippen LogP contribution is 2.27. The van der Waals surface area contributed by atoms with Gasteiger partial charge in [0.1, 0.15) is 11.3 Å². The first kappa shape index (κ1) is 18.9. The highest BCUT2D eigenvalue weighted by atomic mass is 35.5. The molecule has 1 aromatic carbocycles. The van der Waals surface area contributed by atoms with E-state index >= 15 is 0 Å². The maximum absolute atomic E-state index is 6.34. The second kappa shape index (κ2) is 8.68. The minimum absolute atomic E-state index is 0.0449. The van der Waals surface area contributed by atoms with Crippen molar-refractivity contribution in [2.45, 2.75) is 12.5 Å². The Morgan fingerprint density at radius 1 is 1.14 bits per heavy atom. The van der Waals surface area contributed by atoms with Crippen LogP contribution in [0.4, 0.5) is 11.8 Å². The fourth-order valence-electron chi connectivity index (χ4n) is 3.27. The van der Waals surface area contributed by atoms with E-state index in [0.717, 1.165) is 30.7 Å². The zero-order valence-corrected chi connectivity index (χ0v) is 16.3. The number of benzene rings is 1. The summed E-state index contributed by atoms with van der Waals surface area (Å²) in [6.45, 7) is 3.40. The molecule has 4 rings (SSSR count). The molecular weight excluding hydrogens is 376 g/mol. The lowest BCUT2D eigenvalue weighted by Gasteiger charge is -2.27. The van der Waals surface area contributed by atoms with Crippen LogP contribution in [0.25, 0.3) is 10.9 Å². The minimum Gasteiger partial charge on any atom is -0.378 e. The van der Waals surface area contributed by atoms with Gasteiger partial charge in [0, 0.05) is 37.3 Å². The van der Waals surface area contributed by atoms with Gasteiger partial charge in [-0.1, -0.05) is 41.9 Å². The van der Waals surface area contributed by atoms with Crippen LogP contribution in [0.15, 0.2) is 42.6 Å². The number of nitrogens with two attached hydrogens (primary N) is 1. The van der Waals surface area contributed by atoms with E-state index < -0.39 is 0 Å². The van der Waals surface area contributed by atoms with Gasteiger partial charge in [-0.2, -0.15) is 4.98 Å². The number of nitrogens with one attached hydrogen (secondary N) is 1. The van der Waals surface area contributed by atoms with Crippen molar-refractivity contribution in [3.63, 3.8) is 0 Å². The molecule has 28 heavy (non-hydrogen) atoms. The molecule has 0 saturated carbocycles. The van der Waals surface area contributed by atoms with Crippen LogP contribution in [-0.4, -0.2) is 53.8 Å². The maximum atomic E-state index is 6.34. The van der Waals surface area contributed by atoms with Gasteiger partial charge in [-0.25, -0.2) is 9.97 Å². The van der Waals surface area contributed by atoms with E-state index in [-0.39, 0.29) is 6.04 Å². The summed E-state index contributed by atoms with van der Waals surface area (Å²) in [6.07, 6.45) is 2.45. The van der Waals surface area contributed by atoms with Crippen molar-refractivity contribution in [1.29, 1.82) is 0 Å². The first-order valence-corrected chi connectivity index (χ1v) is 9.77. The molecule has 1 aliphatic heterocycles. The summed E-state index contributed by atoms with van der Waals surface area (Å²) in [6, 6.07) is 12.1. The van der Waals surface area contributed by atoms with Crippen molar-refractivity contribution >= 4 is 34.3 Å². The van der Waals surface area contributed by atoms with Gasteiger partial charge in [0.25, 0.3) is 0 Å². The highest BCUT2D eigenvalue weighted by molar-refractivity contribution is 6.34. The number of pyridine rings is 1. The predicted molar refractivity (Wildman–Crippen MR) is 112 cm³/mol. The number of aromatic nitrogens is 3. The van der Waals surface area contributed by atoms with E-state index in [1.165, 1.54) is 5.56 Å². The third kappa shape index (κ3) is 4.32. The number of hydrogen-bond donors (Lipinski definition) is 2. The number of fused-ring (bicyclic) bond motifs is 1. The second-order valence-corrected chi connectivity index (χ2v) is 7.16. The number of halogens is 1. The molecular formula is C20H23ClN6O. The summed E-state index contributed by atoms with van der Waals surface area (Å²) in [5, 5.41) is 4.60. The smallest absolute Gasteiger partial charge is 0.228 e. The zero-order chi connectivity index (χ0) is 19.3. The summed E-state index contributed by atoms with van der Waals surface area (Å²) in [5.41, 5.74) is 8.19. The molecule has 3 aromatic rings. The van der Waals surface area contributed by atoms with Gasteiger partial charge in [0.05, 0.1) is 13.2 Å². The lowest BCUT2D eigenvalue weighted by molar-refractivity contribution is 0.122. The van der Waals surface area contributed by atoms with Crippen molar-refractivity contribution in [1.82, 2.24) is 15.0 Å². The molecule has 3 N–H and O–H groups in total. The maximum Gasteiger partial charge on any atom is 0.228 e. The monoisotopic (exact) mass is 398 g/mol. The van der Waals surface area contributed by atoms with Gasteiger partial charge < -0.3 is 20.7 Å². The first-order valence-electron chi connectivity index (χ1n) is 9.39. The molecule has 0 spiro atoms. The van der Waals surface area contributed by atoms with Crippen LogP contribution in [0.1, 0.15) is 5.56 Å². The zero-order valence-electron chi connectivity index (χ0n) is 15.5. The molecule has 1 atom stereocenters. The SMILES string of the molecule is N[C@H](CNc1nc(N2CCOCC2)nc2c(Cl)nccc12)Cc1ccccc1.